The largest absolute Gasteiger partial charge is 0.507 e. The van der Waals surface area contributed by atoms with Gasteiger partial charge in [0.05, 0.1) is 37.1 Å². The maximum absolute atomic E-state index is 13.6. The molecule has 9 nitrogen and oxygen atoms in total. The first-order chi connectivity index (χ1) is 19.8. The van der Waals surface area contributed by atoms with Crippen LogP contribution in [0.1, 0.15) is 72.6 Å². The van der Waals surface area contributed by atoms with Gasteiger partial charge in [-0.2, -0.15) is 0 Å². The smallest absolute Gasteiger partial charge is 0.350 e. The monoisotopic (exact) mass is 578 g/mol. The fourth-order valence-electron chi connectivity index (χ4n) is 4.56. The number of carbonyl (C=O) groups excluding carboxylic acids is 3. The van der Waals surface area contributed by atoms with E-state index in [1.807, 2.05) is 6.92 Å². The molecule has 1 aliphatic rings. The van der Waals surface area contributed by atoms with E-state index in [0.29, 0.717) is 41.5 Å². The molecule has 1 aromatic heterocycles. The molecule has 2 heterocycles. The Labute approximate surface area is 243 Å². The Morgan fingerprint density at radius 2 is 1.76 bits per heavy atom. The number of aryl methyl sites for hydroxylation is 1. The molecule has 0 saturated carbocycles. The summed E-state index contributed by atoms with van der Waals surface area (Å²) in [7, 11) is 0. The Morgan fingerprint density at radius 1 is 1.00 bits per heavy atom. The molecular weight excluding hydrogens is 544 g/mol. The van der Waals surface area contributed by atoms with Gasteiger partial charge in [0.25, 0.3) is 5.78 Å². The molecule has 1 atom stereocenters. The van der Waals surface area contributed by atoms with Crippen LogP contribution in [0, 0.1) is 6.92 Å². The lowest BCUT2D eigenvalue weighted by molar-refractivity contribution is -0.132. The summed E-state index contributed by atoms with van der Waals surface area (Å²) >= 11 is 0.965. The topological polar surface area (TPSA) is 115 Å². The molecule has 0 aliphatic carbocycles. The summed E-state index contributed by atoms with van der Waals surface area (Å²) in [4.78, 5) is 45.5. The zero-order chi connectivity index (χ0) is 29.5. The molecule has 1 fully saturated rings. The van der Waals surface area contributed by atoms with Crippen molar-refractivity contribution in [1.82, 2.24) is 4.98 Å². The third-order valence-electron chi connectivity index (χ3n) is 6.53. The Morgan fingerprint density at radius 3 is 2.44 bits per heavy atom. The summed E-state index contributed by atoms with van der Waals surface area (Å²) in [5, 5.41) is 11.6. The Hall–Kier alpha value is -4.18. The molecule has 41 heavy (non-hydrogen) atoms. The van der Waals surface area contributed by atoms with Crippen LogP contribution in [-0.2, 0) is 14.3 Å². The summed E-state index contributed by atoms with van der Waals surface area (Å²) in [6.07, 6.45) is 2.99. The number of esters is 1. The number of aromatic nitrogens is 1. The fourth-order valence-corrected chi connectivity index (χ4v) is 5.55. The first-order valence-electron chi connectivity index (χ1n) is 13.7. The number of benzene rings is 2. The molecule has 3 aromatic rings. The average molecular weight is 579 g/mol. The van der Waals surface area contributed by atoms with Crippen LogP contribution >= 0.6 is 11.3 Å². The molecule has 1 amide bonds. The van der Waals surface area contributed by atoms with Crippen LogP contribution in [-0.4, -0.2) is 47.6 Å². The quantitative estimate of drug-likeness (QED) is 0.0885. The number of carbonyl (C=O) groups is 3. The number of hydrogen-bond acceptors (Lipinski definition) is 9. The third kappa shape index (κ3) is 6.43. The van der Waals surface area contributed by atoms with Crippen molar-refractivity contribution in [2.24, 2.45) is 0 Å². The molecule has 1 saturated heterocycles. The molecule has 216 valence electrons. The van der Waals surface area contributed by atoms with Crippen molar-refractivity contribution >= 4 is 39.9 Å². The average Bonchev–Trinajstić information content (AvgIpc) is 3.48. The van der Waals surface area contributed by atoms with E-state index in [1.165, 1.54) is 4.90 Å². The number of Topliss-reactive ketones (excluding diaryl/α,β-unsaturated/α-hetero) is 1. The highest BCUT2D eigenvalue weighted by Crippen LogP contribution is 2.44. The fraction of sp³-hybridized carbons (Fsp3) is 0.355. The minimum atomic E-state index is -1.01. The summed E-state index contributed by atoms with van der Waals surface area (Å²) < 4.78 is 16.6. The van der Waals surface area contributed by atoms with Crippen molar-refractivity contribution in [1.29, 1.82) is 0 Å². The van der Waals surface area contributed by atoms with Crippen LogP contribution in [0.3, 0.4) is 0 Å². The van der Waals surface area contributed by atoms with E-state index >= 15 is 0 Å². The summed E-state index contributed by atoms with van der Waals surface area (Å²) in [6.45, 7) is 8.51. The molecule has 10 heteroatoms. The van der Waals surface area contributed by atoms with E-state index in [9.17, 15) is 19.5 Å². The van der Waals surface area contributed by atoms with E-state index in [4.69, 9.17) is 14.2 Å². The summed E-state index contributed by atoms with van der Waals surface area (Å²) in [5.41, 5.74) is 1.19. The van der Waals surface area contributed by atoms with Crippen molar-refractivity contribution in [2.45, 2.75) is 53.0 Å². The second-order valence-corrected chi connectivity index (χ2v) is 10.4. The van der Waals surface area contributed by atoms with Crippen molar-refractivity contribution in [3.8, 4) is 11.5 Å². The number of nitrogens with zero attached hydrogens (tertiary/aromatic N) is 2. The highest BCUT2D eigenvalue weighted by Gasteiger charge is 2.48. The van der Waals surface area contributed by atoms with Crippen LogP contribution in [0.25, 0.3) is 5.76 Å². The summed E-state index contributed by atoms with van der Waals surface area (Å²) in [6, 6.07) is 12.7. The predicted octanol–water partition coefficient (Wildman–Crippen LogP) is 6.22. The molecule has 0 spiro atoms. The lowest BCUT2D eigenvalue weighted by Gasteiger charge is -2.23. The SMILES string of the molecule is CCCCCOc1cccc(C2C(=C(O)c3ccc(OCC)cc3)C(=O)C(=O)N2c2nc(C)c(C(=O)OCC)s2)c1. The van der Waals surface area contributed by atoms with Crippen molar-refractivity contribution in [2.75, 3.05) is 24.7 Å². The first-order valence-corrected chi connectivity index (χ1v) is 14.5. The maximum Gasteiger partial charge on any atom is 0.350 e. The first kappa shape index (κ1) is 29.8. The van der Waals surface area contributed by atoms with Crippen molar-refractivity contribution in [3.05, 3.63) is 75.8 Å². The van der Waals surface area contributed by atoms with E-state index in [0.717, 1.165) is 30.6 Å². The number of anilines is 1. The van der Waals surface area contributed by atoms with E-state index in [-0.39, 0.29) is 27.9 Å². The minimum Gasteiger partial charge on any atom is -0.507 e. The van der Waals surface area contributed by atoms with Crippen LogP contribution in [0.4, 0.5) is 5.13 Å². The molecule has 4 rings (SSSR count). The normalized spacial score (nSPS) is 16.2. The van der Waals surface area contributed by atoms with Gasteiger partial charge in [0, 0.05) is 5.56 Å². The van der Waals surface area contributed by atoms with Gasteiger partial charge in [0.1, 0.15) is 22.1 Å². The highest BCUT2D eigenvalue weighted by molar-refractivity contribution is 7.17. The Balaban J connectivity index is 1.83. The number of thiazole rings is 1. The number of hydrogen-bond donors (Lipinski definition) is 1. The van der Waals surface area contributed by atoms with Crippen LogP contribution < -0.4 is 14.4 Å². The van der Waals surface area contributed by atoms with Gasteiger partial charge in [0.15, 0.2) is 5.13 Å². The molecule has 1 N–H and O–H groups in total. The molecule has 0 radical (unpaired) electrons. The van der Waals surface area contributed by atoms with E-state index in [2.05, 4.69) is 11.9 Å². The zero-order valence-electron chi connectivity index (χ0n) is 23.6. The molecule has 1 aliphatic heterocycles. The van der Waals surface area contributed by atoms with Gasteiger partial charge in [-0.1, -0.05) is 43.2 Å². The second-order valence-electron chi connectivity index (χ2n) is 9.39. The van der Waals surface area contributed by atoms with Crippen LogP contribution in [0.5, 0.6) is 11.5 Å². The van der Waals surface area contributed by atoms with Gasteiger partial charge < -0.3 is 19.3 Å². The third-order valence-corrected chi connectivity index (χ3v) is 7.66. The van der Waals surface area contributed by atoms with Gasteiger partial charge in [-0.05, 0) is 69.2 Å². The lowest BCUT2D eigenvalue weighted by Crippen LogP contribution is -2.29. The van der Waals surface area contributed by atoms with Crippen LogP contribution in [0.2, 0.25) is 0 Å². The number of aliphatic hydroxyl groups is 1. The van der Waals surface area contributed by atoms with Gasteiger partial charge in [0.2, 0.25) is 0 Å². The van der Waals surface area contributed by atoms with Gasteiger partial charge >= 0.3 is 11.9 Å². The molecular formula is C31H34N2O7S. The number of unbranched alkanes of at least 4 members (excludes halogenated alkanes) is 2. The second kappa shape index (κ2) is 13.5. The highest BCUT2D eigenvalue weighted by atomic mass is 32.1. The molecule has 0 bridgehead atoms. The number of ether oxygens (including phenoxy) is 3. The van der Waals surface area contributed by atoms with Crippen LogP contribution in [0.15, 0.2) is 54.1 Å². The number of rotatable bonds is 12. The summed E-state index contributed by atoms with van der Waals surface area (Å²) in [5.74, 6) is -1.42. The van der Waals surface area contributed by atoms with Crippen molar-refractivity contribution in [3.63, 3.8) is 0 Å². The predicted molar refractivity (Wildman–Crippen MR) is 157 cm³/mol. The molecule has 2 aromatic carbocycles. The number of ketones is 1. The Kier molecular flexibility index (Phi) is 9.78. The molecule has 1 unspecified atom stereocenters. The van der Waals surface area contributed by atoms with Gasteiger partial charge in [-0.15, -0.1) is 0 Å². The van der Waals surface area contributed by atoms with Crippen molar-refractivity contribution < 1.29 is 33.7 Å². The zero-order valence-corrected chi connectivity index (χ0v) is 24.5. The van der Waals surface area contributed by atoms with Gasteiger partial charge in [-0.3, -0.25) is 14.5 Å². The maximum atomic E-state index is 13.6. The standard InChI is InChI=1S/C31H34N2O7S/c1-5-8-9-17-40-23-12-10-11-21(18-23)25-24(26(34)20-13-15-22(16-14-20)38-6-2)27(35)29(36)33(25)31-32-19(4)28(41-31)30(37)39-7-3/h10-16,18,25,34H,5-9,17H2,1-4H3. The minimum absolute atomic E-state index is 0.0900. The van der Waals surface area contributed by atoms with E-state index in [1.54, 1.807) is 62.4 Å². The lowest BCUT2D eigenvalue weighted by atomic mass is 9.95. The number of aliphatic hydroxyl groups excluding tert-OH is 1. The Bertz CT molecular complexity index is 1440. The van der Waals surface area contributed by atoms with E-state index < -0.39 is 23.7 Å². The number of amides is 1. The van der Waals surface area contributed by atoms with Gasteiger partial charge in [-0.25, -0.2) is 9.78 Å².